The number of carbonyl (C=O) groups excluding carboxylic acids is 1. The maximum absolute atomic E-state index is 12.6. The Balaban J connectivity index is 1.41. The first-order valence-electron chi connectivity index (χ1n) is 10.9. The fraction of sp³-hybridized carbons (Fsp3) is 0.208. The van der Waals surface area contributed by atoms with E-state index in [1.807, 2.05) is 18.2 Å². The van der Waals surface area contributed by atoms with Crippen molar-refractivity contribution in [2.45, 2.75) is 31.5 Å². The summed E-state index contributed by atoms with van der Waals surface area (Å²) in [6.07, 6.45) is -0.972. The van der Waals surface area contributed by atoms with E-state index in [-0.39, 0.29) is 23.5 Å². The van der Waals surface area contributed by atoms with E-state index in [4.69, 9.17) is 0 Å². The first-order chi connectivity index (χ1) is 16.8. The number of hydrogen-bond donors (Lipinski definition) is 2. The normalized spacial score (nSPS) is 15.1. The Bertz CT molecular complexity index is 1410. The summed E-state index contributed by atoms with van der Waals surface area (Å²) < 4.78 is 39.5. The Hall–Kier alpha value is -4.28. The second-order valence-corrected chi connectivity index (χ2v) is 8.17. The number of nitrogens with zero attached hydrogens (tertiary/aromatic N) is 5. The summed E-state index contributed by atoms with van der Waals surface area (Å²) in [6, 6.07) is 11.5. The number of anilines is 3. The van der Waals surface area contributed by atoms with Crippen molar-refractivity contribution in [2.75, 3.05) is 10.6 Å². The SMILES string of the molecule is C=CC(=O)Nc1cccc2c1CC[C@@H]2n1nnc2cnc(Nc3ccc(CC(F)(F)F)cc3)nc21. The molecule has 8 nitrogen and oxygen atoms in total. The summed E-state index contributed by atoms with van der Waals surface area (Å²) in [5, 5.41) is 14.4. The Morgan fingerprint density at radius 3 is 2.74 bits per heavy atom. The van der Waals surface area contributed by atoms with Crippen LogP contribution in [0.5, 0.6) is 0 Å². The number of alkyl halides is 3. The number of hydrogen-bond acceptors (Lipinski definition) is 6. The zero-order valence-corrected chi connectivity index (χ0v) is 18.4. The van der Waals surface area contributed by atoms with Gasteiger partial charge in [-0.3, -0.25) is 4.79 Å². The number of nitrogens with one attached hydrogen (secondary N) is 2. The highest BCUT2D eigenvalue weighted by Crippen LogP contribution is 2.39. The van der Waals surface area contributed by atoms with Crippen molar-refractivity contribution in [1.82, 2.24) is 25.0 Å². The standard InChI is InChI=1S/C24H20F3N7O/c1-2-21(35)30-18-5-3-4-17-16(18)10-11-20(17)34-22-19(32-33-34)13-28-23(31-22)29-15-8-6-14(7-9-15)12-24(25,26)27/h2-9,13,20H,1,10-12H2,(H,30,35)(H,28,29,31)/t20-/m0/s1. The summed E-state index contributed by atoms with van der Waals surface area (Å²) in [5.74, 6) is -0.00205. The molecule has 0 spiro atoms. The van der Waals surface area contributed by atoms with Gasteiger partial charge in [0.1, 0.15) is 0 Å². The zero-order valence-electron chi connectivity index (χ0n) is 18.4. The molecule has 4 aromatic rings. The summed E-state index contributed by atoms with van der Waals surface area (Å²) in [4.78, 5) is 20.6. The van der Waals surface area contributed by atoms with Crippen LogP contribution in [-0.4, -0.2) is 37.0 Å². The number of fused-ring (bicyclic) bond motifs is 2. The van der Waals surface area contributed by atoms with Crippen LogP contribution in [0.1, 0.15) is 29.2 Å². The predicted molar refractivity (Wildman–Crippen MR) is 124 cm³/mol. The molecule has 1 atom stereocenters. The van der Waals surface area contributed by atoms with Gasteiger partial charge in [0.2, 0.25) is 11.9 Å². The van der Waals surface area contributed by atoms with Crippen molar-refractivity contribution in [2.24, 2.45) is 0 Å². The highest BCUT2D eigenvalue weighted by atomic mass is 19.4. The highest BCUT2D eigenvalue weighted by Gasteiger charge is 2.29. The van der Waals surface area contributed by atoms with Crippen LogP contribution in [0.15, 0.2) is 61.3 Å². The van der Waals surface area contributed by atoms with Crippen molar-refractivity contribution >= 4 is 34.4 Å². The molecule has 2 aromatic carbocycles. The van der Waals surface area contributed by atoms with Gasteiger partial charge in [-0.05, 0) is 53.8 Å². The molecule has 11 heteroatoms. The van der Waals surface area contributed by atoms with Crippen LogP contribution in [0.3, 0.4) is 0 Å². The molecular weight excluding hydrogens is 459 g/mol. The molecule has 5 rings (SSSR count). The van der Waals surface area contributed by atoms with Gasteiger partial charge in [0.15, 0.2) is 11.2 Å². The maximum Gasteiger partial charge on any atom is 0.393 e. The van der Waals surface area contributed by atoms with Crippen molar-refractivity contribution in [1.29, 1.82) is 0 Å². The first-order valence-corrected chi connectivity index (χ1v) is 10.9. The van der Waals surface area contributed by atoms with Gasteiger partial charge in [0.05, 0.1) is 18.7 Å². The lowest BCUT2D eigenvalue weighted by Gasteiger charge is -2.14. The molecular formula is C24H20F3N7O. The van der Waals surface area contributed by atoms with Gasteiger partial charge in [0.25, 0.3) is 0 Å². The van der Waals surface area contributed by atoms with Gasteiger partial charge < -0.3 is 10.6 Å². The first kappa shape index (κ1) is 22.5. The average Bonchev–Trinajstić information content (AvgIpc) is 3.43. The van der Waals surface area contributed by atoms with E-state index in [1.54, 1.807) is 23.0 Å². The molecule has 0 bridgehead atoms. The number of aromatic nitrogens is 5. The predicted octanol–water partition coefficient (Wildman–Crippen LogP) is 4.73. The molecule has 0 radical (unpaired) electrons. The lowest BCUT2D eigenvalue weighted by Crippen LogP contribution is -2.12. The Morgan fingerprint density at radius 1 is 1.20 bits per heavy atom. The van der Waals surface area contributed by atoms with Crippen LogP contribution < -0.4 is 10.6 Å². The number of halogens is 3. The molecule has 2 aromatic heterocycles. The van der Waals surface area contributed by atoms with Crippen LogP contribution in [-0.2, 0) is 17.6 Å². The number of rotatable bonds is 6. The van der Waals surface area contributed by atoms with Gasteiger partial charge in [-0.25, -0.2) is 9.67 Å². The van der Waals surface area contributed by atoms with Crippen molar-refractivity contribution < 1.29 is 18.0 Å². The number of amides is 1. The largest absolute Gasteiger partial charge is 0.393 e. The Kier molecular flexibility index (Phi) is 5.67. The third kappa shape index (κ3) is 4.70. The van der Waals surface area contributed by atoms with Gasteiger partial charge >= 0.3 is 6.18 Å². The van der Waals surface area contributed by atoms with Crippen molar-refractivity contribution in [3.63, 3.8) is 0 Å². The molecule has 35 heavy (non-hydrogen) atoms. The minimum atomic E-state index is -4.26. The lowest BCUT2D eigenvalue weighted by molar-refractivity contribution is -0.127. The molecule has 1 aliphatic carbocycles. The third-order valence-corrected chi connectivity index (χ3v) is 5.81. The quantitative estimate of drug-likeness (QED) is 0.388. The molecule has 0 saturated heterocycles. The van der Waals surface area contributed by atoms with E-state index in [0.717, 1.165) is 29.7 Å². The van der Waals surface area contributed by atoms with E-state index in [0.29, 0.717) is 16.9 Å². The number of benzene rings is 2. The molecule has 0 unspecified atom stereocenters. The van der Waals surface area contributed by atoms with E-state index < -0.39 is 12.6 Å². The topological polar surface area (TPSA) is 97.6 Å². The minimum Gasteiger partial charge on any atom is -0.324 e. The summed E-state index contributed by atoms with van der Waals surface area (Å²) in [6.45, 7) is 3.50. The minimum absolute atomic E-state index is 0.125. The lowest BCUT2D eigenvalue weighted by atomic mass is 10.1. The smallest absolute Gasteiger partial charge is 0.324 e. The van der Waals surface area contributed by atoms with Crippen LogP contribution >= 0.6 is 0 Å². The highest BCUT2D eigenvalue weighted by molar-refractivity contribution is 5.99. The van der Waals surface area contributed by atoms with Crippen molar-refractivity contribution in [3.8, 4) is 0 Å². The average molecular weight is 479 g/mol. The van der Waals surface area contributed by atoms with Gasteiger partial charge in [-0.1, -0.05) is 36.1 Å². The molecule has 2 heterocycles. The summed E-state index contributed by atoms with van der Waals surface area (Å²) in [7, 11) is 0. The van der Waals surface area contributed by atoms with Crippen LogP contribution in [0.25, 0.3) is 11.2 Å². The zero-order chi connectivity index (χ0) is 24.6. The van der Waals surface area contributed by atoms with E-state index in [2.05, 4.69) is 37.5 Å². The van der Waals surface area contributed by atoms with Crippen LogP contribution in [0, 0.1) is 0 Å². The van der Waals surface area contributed by atoms with Gasteiger partial charge in [-0.2, -0.15) is 18.2 Å². The molecule has 0 fully saturated rings. The van der Waals surface area contributed by atoms with Gasteiger partial charge in [-0.15, -0.1) is 5.10 Å². The molecule has 2 N–H and O–H groups in total. The van der Waals surface area contributed by atoms with Gasteiger partial charge in [0, 0.05) is 11.4 Å². The molecule has 178 valence electrons. The van der Waals surface area contributed by atoms with E-state index >= 15 is 0 Å². The number of carbonyl (C=O) groups is 1. The second kappa shape index (κ2) is 8.82. The Labute approximate surface area is 197 Å². The fourth-order valence-corrected chi connectivity index (χ4v) is 4.27. The second-order valence-electron chi connectivity index (χ2n) is 8.17. The maximum atomic E-state index is 12.6. The molecule has 0 saturated carbocycles. The summed E-state index contributed by atoms with van der Waals surface area (Å²) >= 11 is 0. The molecule has 1 amide bonds. The third-order valence-electron chi connectivity index (χ3n) is 5.81. The van der Waals surface area contributed by atoms with Crippen LogP contribution in [0.2, 0.25) is 0 Å². The van der Waals surface area contributed by atoms with Crippen LogP contribution in [0.4, 0.5) is 30.5 Å². The fourth-order valence-electron chi connectivity index (χ4n) is 4.27. The van der Waals surface area contributed by atoms with Crippen molar-refractivity contribution in [3.05, 3.63) is 78.0 Å². The summed E-state index contributed by atoms with van der Waals surface area (Å²) in [5.41, 5.74) is 4.56. The van der Waals surface area contributed by atoms with E-state index in [1.165, 1.54) is 18.2 Å². The van der Waals surface area contributed by atoms with E-state index in [9.17, 15) is 18.0 Å². The Morgan fingerprint density at radius 2 is 2.00 bits per heavy atom. The molecule has 0 aliphatic heterocycles. The monoisotopic (exact) mass is 479 g/mol. The molecule has 1 aliphatic rings.